The fourth-order valence-corrected chi connectivity index (χ4v) is 8.70. The molecule has 0 saturated heterocycles. The molecule has 3 aliphatic rings. The van der Waals surface area contributed by atoms with Crippen LogP contribution in [0.1, 0.15) is 135 Å². The van der Waals surface area contributed by atoms with Crippen molar-refractivity contribution in [1.82, 2.24) is 19.9 Å². The van der Waals surface area contributed by atoms with E-state index in [0.29, 0.717) is 0 Å². The van der Waals surface area contributed by atoms with Crippen LogP contribution in [0, 0.1) is 0 Å². The Morgan fingerprint density at radius 2 is 1.06 bits per heavy atom. The Balaban J connectivity index is 0.00000871. The minimum atomic E-state index is -1.67. The fourth-order valence-electron chi connectivity index (χ4n) is 8.70. The van der Waals surface area contributed by atoms with Gasteiger partial charge in [0.25, 0.3) is 0 Å². The van der Waals surface area contributed by atoms with Crippen molar-refractivity contribution in [1.29, 1.82) is 0 Å². The van der Waals surface area contributed by atoms with E-state index in [4.69, 9.17) is 9.97 Å². The Hall–Kier alpha value is -6.60. The van der Waals surface area contributed by atoms with Gasteiger partial charge in [0, 0.05) is 100 Å². The molecule has 5 rings (SSSR count). The third-order valence-corrected chi connectivity index (χ3v) is 11.6. The number of carbonyl (C=O) groups is 8. The Labute approximate surface area is 368 Å². The van der Waals surface area contributed by atoms with Crippen molar-refractivity contribution in [2.75, 3.05) is 0 Å². The third kappa shape index (κ3) is 11.1. The standard InChI is InChI=1S/C42H46N4O16.Fe/c1-41(17-39(59)60)23(5-9-35(51)52)29-14-27-21(11-37(55)56)19(3-7-33(47)48)25(43-27)13-26-20(4-8-34(49)50)22(12-38(57)58)28(44-26)15-31-42(2,18-40(61)62)24(6-10-36(53)54)30(46-31)16-32(41)45-29;/h13-16,23-24H,3-12,17-18H2,1-2H3,(H10,43,44,45,46,47,48,49,50,51,52,53,54,55,56,57,58,59,60,61,62);/p-10/t23-,24-,41+,42+;/m1./s1. The molecule has 0 spiro atoms. The van der Waals surface area contributed by atoms with Gasteiger partial charge in [0.05, 0.1) is 11.4 Å². The zero-order chi connectivity index (χ0) is 45.8. The van der Waals surface area contributed by atoms with E-state index in [1.54, 1.807) is 0 Å². The first kappa shape index (κ1) is 49.1. The molecule has 0 saturated carbocycles. The number of carbonyl (C=O) groups excluding carboxylic acids is 8. The summed E-state index contributed by atoms with van der Waals surface area (Å²) in [5.41, 5.74) is -4.43. The number of hydrogen-bond acceptors (Lipinski definition) is 18. The van der Waals surface area contributed by atoms with Crippen LogP contribution in [0.15, 0.2) is 24.3 Å². The van der Waals surface area contributed by atoms with Crippen molar-refractivity contribution in [2.45, 2.75) is 114 Å². The summed E-state index contributed by atoms with van der Waals surface area (Å²) >= 11 is 0. The van der Waals surface area contributed by atoms with E-state index in [0.717, 1.165) is 0 Å². The molecule has 0 N–H and O–H groups in total. The molecule has 0 amide bonds. The Morgan fingerprint density at radius 1 is 0.540 bits per heavy atom. The quantitative estimate of drug-likeness (QED) is 0.111. The zero-order valence-corrected chi connectivity index (χ0v) is 34.7. The fraction of sp³-hybridized carbons (Fsp3) is 0.429. The SMILES string of the molecule is C[C@@]1(CC(=O)[O-])c2cc3[n-]c(cc4nc(cc5[n-]c(cc(n2)[C@H]1CCC(=O)[O-])c(CC(=O)[O-])c5CCC(=O)[O-])C(CCC(=O)[O-])=C4CC(=O)[O-])[C@@](C)(CC(=O)[O-])[C@@H]3CCC(=O)[O-].[Fe]. The maximum Gasteiger partial charge on any atom is 0.0661 e. The van der Waals surface area contributed by atoms with E-state index >= 15 is 0 Å². The molecule has 0 radical (unpaired) electrons. The minimum absolute atomic E-state index is 0. The van der Waals surface area contributed by atoms with E-state index in [2.05, 4.69) is 9.97 Å². The Kier molecular flexibility index (Phi) is 15.3. The first-order valence-electron chi connectivity index (χ1n) is 19.3. The van der Waals surface area contributed by atoms with Crippen LogP contribution in [0.2, 0.25) is 0 Å². The number of fused-ring (bicyclic) bond motifs is 8. The van der Waals surface area contributed by atoms with E-state index in [1.165, 1.54) is 38.1 Å². The first-order chi connectivity index (χ1) is 29.0. The summed E-state index contributed by atoms with van der Waals surface area (Å²) in [7, 11) is 0. The average molecular weight is 909 g/mol. The van der Waals surface area contributed by atoms with E-state index in [1.807, 2.05) is 0 Å². The van der Waals surface area contributed by atoms with Crippen LogP contribution in [-0.4, -0.2) is 57.7 Å². The number of aryl methyl sites for hydroxylation is 1. The number of carboxylic acids is 8. The molecule has 0 aliphatic carbocycles. The number of aromatic nitrogens is 4. The predicted molar refractivity (Wildman–Crippen MR) is 191 cm³/mol. The molecule has 21 heteroatoms. The van der Waals surface area contributed by atoms with E-state index in [-0.39, 0.29) is 97.4 Å². The van der Waals surface area contributed by atoms with E-state index < -0.39 is 135 Å². The van der Waals surface area contributed by atoms with Gasteiger partial charge < -0.3 is 89.2 Å². The van der Waals surface area contributed by atoms with Gasteiger partial charge in [0.15, 0.2) is 0 Å². The number of carboxylic acid groups (broad SMARTS) is 8. The zero-order valence-electron chi connectivity index (χ0n) is 33.6. The molecule has 338 valence electrons. The smallest absolute Gasteiger partial charge is 0.0661 e. The molecule has 20 nitrogen and oxygen atoms in total. The van der Waals surface area contributed by atoms with Gasteiger partial charge in [-0.1, -0.05) is 49.2 Å². The molecule has 0 aromatic carbocycles. The van der Waals surface area contributed by atoms with Crippen LogP contribution >= 0.6 is 0 Å². The van der Waals surface area contributed by atoms with Gasteiger partial charge in [-0.05, 0) is 86.7 Å². The van der Waals surface area contributed by atoms with Gasteiger partial charge in [-0.2, -0.15) is 11.4 Å². The molecule has 3 aliphatic heterocycles. The number of allylic oxidation sites excluding steroid dienone is 1. The molecule has 4 atom stereocenters. The molecule has 2 aromatic rings. The van der Waals surface area contributed by atoms with Gasteiger partial charge >= 0.3 is 0 Å². The van der Waals surface area contributed by atoms with Crippen molar-refractivity contribution in [3.63, 3.8) is 0 Å². The number of aliphatic carboxylic acids is 8. The average Bonchev–Trinajstić information content (AvgIpc) is 3.77. The second kappa shape index (κ2) is 19.6. The summed E-state index contributed by atoms with van der Waals surface area (Å²) in [6.45, 7) is 2.84. The normalized spacial score (nSPS) is 19.7. The van der Waals surface area contributed by atoms with Crippen LogP contribution in [0.3, 0.4) is 0 Å². The second-order valence-electron chi connectivity index (χ2n) is 15.8. The molecule has 5 heterocycles. The van der Waals surface area contributed by atoms with Gasteiger partial charge in [-0.3, -0.25) is 4.98 Å². The van der Waals surface area contributed by atoms with Crippen LogP contribution < -0.4 is 50.8 Å². The third-order valence-electron chi connectivity index (χ3n) is 11.6. The number of hydrogen-bond donors (Lipinski definition) is 0. The van der Waals surface area contributed by atoms with Gasteiger partial charge in [0.1, 0.15) is 0 Å². The van der Waals surface area contributed by atoms with Gasteiger partial charge in [-0.25, -0.2) is 4.98 Å². The molecule has 63 heavy (non-hydrogen) atoms. The van der Waals surface area contributed by atoms with Crippen molar-refractivity contribution in [3.05, 3.63) is 69.6 Å². The Morgan fingerprint density at radius 3 is 1.62 bits per heavy atom. The van der Waals surface area contributed by atoms with Gasteiger partial charge in [0.2, 0.25) is 0 Å². The van der Waals surface area contributed by atoms with Crippen molar-refractivity contribution < 1.29 is 96.3 Å². The monoisotopic (exact) mass is 908 g/mol. The van der Waals surface area contributed by atoms with Crippen LogP contribution in [-0.2, 0) is 79.1 Å². The van der Waals surface area contributed by atoms with Crippen LogP contribution in [0.4, 0.5) is 0 Å². The largest absolute Gasteiger partial charge is 0.664 e. The van der Waals surface area contributed by atoms with E-state index in [9.17, 15) is 79.2 Å². The maximum atomic E-state index is 12.4. The van der Waals surface area contributed by atoms with Crippen molar-refractivity contribution in [2.24, 2.45) is 0 Å². The number of rotatable bonds is 20. The Bertz CT molecular complexity index is 2490. The van der Waals surface area contributed by atoms with Crippen LogP contribution in [0.25, 0.3) is 22.2 Å². The molecular formula is C42H36FeN4O16-10. The van der Waals surface area contributed by atoms with Crippen LogP contribution in [0.5, 0.6) is 0 Å². The molecule has 0 unspecified atom stereocenters. The molecule has 8 bridgehead atoms. The molecular weight excluding hydrogens is 872 g/mol. The van der Waals surface area contributed by atoms with Crippen molar-refractivity contribution in [3.8, 4) is 0 Å². The summed E-state index contributed by atoms with van der Waals surface area (Å²) in [6.07, 6.45) is -7.46. The summed E-state index contributed by atoms with van der Waals surface area (Å²) in [4.78, 5) is 115. The summed E-state index contributed by atoms with van der Waals surface area (Å²) in [5.74, 6) is -14.9. The van der Waals surface area contributed by atoms with Gasteiger partial charge in [-0.15, -0.1) is 11.0 Å². The summed E-state index contributed by atoms with van der Waals surface area (Å²) in [5, 5.41) is 96.4. The predicted octanol–water partition coefficient (Wildman–Crippen LogP) is -6.73. The first-order valence-corrected chi connectivity index (χ1v) is 19.3. The summed E-state index contributed by atoms with van der Waals surface area (Å²) in [6, 6.07) is 4.97. The topological polar surface area (TPSA) is 375 Å². The molecule has 2 aromatic heterocycles. The summed E-state index contributed by atoms with van der Waals surface area (Å²) < 4.78 is 0. The second-order valence-corrected chi connectivity index (χ2v) is 15.8. The number of nitrogens with zero attached hydrogens (tertiary/aromatic N) is 4. The maximum absolute atomic E-state index is 12.4. The van der Waals surface area contributed by atoms with Crippen molar-refractivity contribution >= 4 is 69.9 Å². The molecule has 0 fully saturated rings. The minimum Gasteiger partial charge on any atom is -0.664 e.